The van der Waals surface area contributed by atoms with Gasteiger partial charge in [0, 0.05) is 28.3 Å². The van der Waals surface area contributed by atoms with Crippen molar-refractivity contribution < 1.29 is 9.72 Å². The Morgan fingerprint density at radius 2 is 2.17 bits per heavy atom. The molecule has 8 heteroatoms. The fourth-order valence-electron chi connectivity index (χ4n) is 1.79. The van der Waals surface area contributed by atoms with Crippen LogP contribution in [0.4, 0.5) is 11.4 Å². The van der Waals surface area contributed by atoms with Gasteiger partial charge in [-0.25, -0.2) is 0 Å². The Morgan fingerprint density at radius 1 is 1.50 bits per heavy atom. The first-order valence-corrected chi connectivity index (χ1v) is 7.06. The van der Waals surface area contributed by atoms with Crippen LogP contribution >= 0.6 is 43.5 Å². The normalized spacial score (nSPS) is 19.4. The van der Waals surface area contributed by atoms with Crippen LogP contribution in [0.2, 0.25) is 5.02 Å². The van der Waals surface area contributed by atoms with Crippen LogP contribution in [-0.2, 0) is 4.79 Å². The number of nitrogens with zero attached hydrogens (tertiary/aromatic N) is 2. The summed E-state index contributed by atoms with van der Waals surface area (Å²) < 4.78 is 0.432. The van der Waals surface area contributed by atoms with Crippen LogP contribution in [-0.4, -0.2) is 22.2 Å². The van der Waals surface area contributed by atoms with E-state index in [9.17, 15) is 14.9 Å². The fourth-order valence-corrected chi connectivity index (χ4v) is 2.84. The quantitative estimate of drug-likeness (QED) is 0.435. The zero-order valence-corrected chi connectivity index (χ0v) is 12.8. The number of carbonyl (C=O) groups excluding carboxylic acids is 1. The van der Waals surface area contributed by atoms with E-state index in [1.54, 1.807) is 0 Å². The highest BCUT2D eigenvalue weighted by atomic mass is 79.9. The van der Waals surface area contributed by atoms with Crippen LogP contribution in [0.3, 0.4) is 0 Å². The molecule has 18 heavy (non-hydrogen) atoms. The highest BCUT2D eigenvalue weighted by Gasteiger charge is 2.33. The summed E-state index contributed by atoms with van der Waals surface area (Å²) in [6, 6.07) is 2.75. The monoisotopic (exact) mass is 396 g/mol. The molecule has 1 fully saturated rings. The number of hydrogen-bond donors (Lipinski definition) is 0. The van der Waals surface area contributed by atoms with Gasteiger partial charge < -0.3 is 4.90 Å². The number of amides is 1. The molecule has 1 unspecified atom stereocenters. The molecular formula is C10H7Br2ClN2O3. The molecule has 0 radical (unpaired) electrons. The van der Waals surface area contributed by atoms with Crippen LogP contribution < -0.4 is 4.90 Å². The van der Waals surface area contributed by atoms with E-state index in [4.69, 9.17) is 11.6 Å². The van der Waals surface area contributed by atoms with E-state index < -0.39 is 4.92 Å². The summed E-state index contributed by atoms with van der Waals surface area (Å²) in [5.41, 5.74) is 0.0985. The Labute approximate surface area is 124 Å². The third kappa shape index (κ3) is 2.53. The van der Waals surface area contributed by atoms with E-state index in [-0.39, 0.29) is 22.1 Å². The standard InChI is InChI=1S/C10H7Br2ClN2O3/c11-5-1-10(16)14(4-5)8-3-7(13)6(12)2-9(8)15(17)18/h2-3,5H,1,4H2. The molecule has 0 saturated carbocycles. The third-order valence-corrected chi connectivity index (χ3v) is 4.39. The van der Waals surface area contributed by atoms with Gasteiger partial charge in [0.2, 0.25) is 5.91 Å². The van der Waals surface area contributed by atoms with Gasteiger partial charge in [-0.15, -0.1) is 0 Å². The summed E-state index contributed by atoms with van der Waals surface area (Å²) in [6.45, 7) is 0.400. The van der Waals surface area contributed by atoms with Gasteiger partial charge in [0.1, 0.15) is 5.69 Å². The van der Waals surface area contributed by atoms with Gasteiger partial charge in [0.15, 0.2) is 0 Å². The lowest BCUT2D eigenvalue weighted by molar-refractivity contribution is -0.384. The van der Waals surface area contributed by atoms with E-state index in [1.165, 1.54) is 17.0 Å². The second-order valence-corrected chi connectivity index (χ2v) is 6.37. The molecule has 1 atom stereocenters. The molecule has 1 aromatic carbocycles. The van der Waals surface area contributed by atoms with E-state index in [1.807, 2.05) is 0 Å². The minimum atomic E-state index is -0.523. The molecule has 2 rings (SSSR count). The van der Waals surface area contributed by atoms with Gasteiger partial charge in [-0.05, 0) is 22.0 Å². The number of nitro groups is 1. The predicted molar refractivity (Wildman–Crippen MR) is 75.5 cm³/mol. The van der Waals surface area contributed by atoms with Gasteiger partial charge in [-0.2, -0.15) is 0 Å². The molecule has 96 valence electrons. The van der Waals surface area contributed by atoms with Crippen LogP contribution in [0.25, 0.3) is 0 Å². The number of hydrogen-bond acceptors (Lipinski definition) is 3. The SMILES string of the molecule is O=C1CC(Br)CN1c1cc(Cl)c(Br)cc1[N+](=O)[O-]. The molecule has 1 aliphatic heterocycles. The van der Waals surface area contributed by atoms with Crippen LogP contribution in [0, 0.1) is 10.1 Å². The maximum Gasteiger partial charge on any atom is 0.294 e. The van der Waals surface area contributed by atoms with Gasteiger partial charge in [-0.3, -0.25) is 14.9 Å². The largest absolute Gasteiger partial charge is 0.305 e. The van der Waals surface area contributed by atoms with Crippen molar-refractivity contribution in [3.05, 3.63) is 31.7 Å². The predicted octanol–water partition coefficient (Wildman–Crippen LogP) is 3.51. The first-order chi connectivity index (χ1) is 8.40. The number of rotatable bonds is 2. The maximum atomic E-state index is 11.8. The van der Waals surface area contributed by atoms with Gasteiger partial charge in [-0.1, -0.05) is 27.5 Å². The summed E-state index contributed by atoms with van der Waals surface area (Å²) in [7, 11) is 0. The summed E-state index contributed by atoms with van der Waals surface area (Å²) >= 11 is 12.4. The number of anilines is 1. The van der Waals surface area contributed by atoms with Crippen LogP contribution in [0.15, 0.2) is 16.6 Å². The lowest BCUT2D eigenvalue weighted by atomic mass is 10.2. The number of alkyl halides is 1. The fraction of sp³-hybridized carbons (Fsp3) is 0.300. The van der Waals surface area contributed by atoms with E-state index in [2.05, 4.69) is 31.9 Å². The van der Waals surface area contributed by atoms with Crippen molar-refractivity contribution in [1.29, 1.82) is 0 Å². The molecule has 1 amide bonds. The minimum absolute atomic E-state index is 0.00651. The minimum Gasteiger partial charge on any atom is -0.305 e. The molecule has 0 spiro atoms. The third-order valence-electron chi connectivity index (χ3n) is 2.58. The van der Waals surface area contributed by atoms with Crippen molar-refractivity contribution in [2.75, 3.05) is 11.4 Å². The second-order valence-electron chi connectivity index (χ2n) is 3.82. The van der Waals surface area contributed by atoms with Gasteiger partial charge in [0.25, 0.3) is 5.69 Å². The Balaban J connectivity index is 2.52. The molecule has 1 aliphatic rings. The molecule has 1 heterocycles. The van der Waals surface area contributed by atoms with Crippen molar-refractivity contribution in [2.45, 2.75) is 11.2 Å². The number of carbonyl (C=O) groups is 1. The van der Waals surface area contributed by atoms with E-state index >= 15 is 0 Å². The number of benzene rings is 1. The van der Waals surface area contributed by atoms with E-state index in [0.29, 0.717) is 22.5 Å². The number of nitro benzene ring substituents is 1. The molecule has 0 bridgehead atoms. The van der Waals surface area contributed by atoms with E-state index in [0.717, 1.165) is 0 Å². The molecule has 1 saturated heterocycles. The lowest BCUT2D eigenvalue weighted by Gasteiger charge is -2.16. The average molecular weight is 398 g/mol. The Hall–Kier alpha value is -0.660. The first kappa shape index (κ1) is 13.8. The summed E-state index contributed by atoms with van der Waals surface area (Å²) in [6.07, 6.45) is 0.324. The molecular weight excluding hydrogens is 391 g/mol. The summed E-state index contributed by atoms with van der Waals surface area (Å²) in [4.78, 5) is 23.7. The lowest BCUT2D eigenvalue weighted by Crippen LogP contribution is -2.25. The Bertz CT molecular complexity index is 538. The molecule has 1 aromatic rings. The van der Waals surface area contributed by atoms with Crippen molar-refractivity contribution in [2.24, 2.45) is 0 Å². The molecule has 0 aromatic heterocycles. The molecule has 0 N–H and O–H groups in total. The summed E-state index contributed by atoms with van der Waals surface area (Å²) in [5.74, 6) is -0.154. The average Bonchev–Trinajstić information content (AvgIpc) is 2.61. The van der Waals surface area contributed by atoms with Crippen molar-refractivity contribution in [3.63, 3.8) is 0 Å². The highest BCUT2D eigenvalue weighted by molar-refractivity contribution is 9.10. The maximum absolute atomic E-state index is 11.8. The van der Waals surface area contributed by atoms with Crippen molar-refractivity contribution >= 4 is 60.7 Å². The van der Waals surface area contributed by atoms with Crippen molar-refractivity contribution in [3.8, 4) is 0 Å². The zero-order valence-electron chi connectivity index (χ0n) is 8.90. The van der Waals surface area contributed by atoms with Crippen LogP contribution in [0.1, 0.15) is 6.42 Å². The zero-order chi connectivity index (χ0) is 13.4. The highest BCUT2D eigenvalue weighted by Crippen LogP contribution is 2.38. The Morgan fingerprint density at radius 3 is 2.67 bits per heavy atom. The first-order valence-electron chi connectivity index (χ1n) is 4.98. The Kier molecular flexibility index (Phi) is 3.93. The molecule has 0 aliphatic carbocycles. The van der Waals surface area contributed by atoms with Crippen LogP contribution in [0.5, 0.6) is 0 Å². The summed E-state index contributed by atoms with van der Waals surface area (Å²) in [5, 5.41) is 11.4. The second kappa shape index (κ2) is 5.14. The smallest absolute Gasteiger partial charge is 0.294 e. The van der Waals surface area contributed by atoms with Gasteiger partial charge in [0.05, 0.1) is 9.95 Å². The number of halogens is 3. The molecule has 5 nitrogen and oxygen atoms in total. The van der Waals surface area contributed by atoms with Crippen molar-refractivity contribution in [1.82, 2.24) is 0 Å². The topological polar surface area (TPSA) is 63.5 Å². The van der Waals surface area contributed by atoms with Gasteiger partial charge >= 0.3 is 0 Å².